The van der Waals surface area contributed by atoms with Gasteiger partial charge in [0.05, 0.1) is 28.9 Å². The van der Waals surface area contributed by atoms with E-state index in [0.717, 1.165) is 49.0 Å². The second kappa shape index (κ2) is 9.89. The largest absolute Gasteiger partial charge is 0.459 e. The quantitative estimate of drug-likeness (QED) is 0.414. The summed E-state index contributed by atoms with van der Waals surface area (Å²) in [5.41, 5.74) is 0.571. The van der Waals surface area contributed by atoms with E-state index < -0.39 is 23.7 Å². The molecule has 1 saturated carbocycles. The Morgan fingerprint density at radius 2 is 2.00 bits per heavy atom. The number of rotatable bonds is 8. The SMILES string of the molecule is CCC(C)OC(=O)c1c(NC(=O)CCn2nc(C(F)(F)F)c(Cl)c2C2CC2)sc2c1CCCC2. The summed E-state index contributed by atoms with van der Waals surface area (Å²) >= 11 is 7.39. The topological polar surface area (TPSA) is 73.2 Å². The lowest BCUT2D eigenvalue weighted by molar-refractivity contribution is -0.141. The van der Waals surface area contributed by atoms with E-state index in [1.165, 1.54) is 16.0 Å². The van der Waals surface area contributed by atoms with Crippen molar-refractivity contribution in [3.05, 3.63) is 32.4 Å². The van der Waals surface area contributed by atoms with Crippen LogP contribution in [0, 0.1) is 0 Å². The minimum Gasteiger partial charge on any atom is -0.459 e. The van der Waals surface area contributed by atoms with Crippen molar-refractivity contribution in [2.45, 2.75) is 90.0 Å². The van der Waals surface area contributed by atoms with Crippen molar-refractivity contribution in [2.75, 3.05) is 5.32 Å². The van der Waals surface area contributed by atoms with Crippen molar-refractivity contribution in [3.63, 3.8) is 0 Å². The van der Waals surface area contributed by atoms with Gasteiger partial charge in [-0.2, -0.15) is 18.3 Å². The molecule has 2 heterocycles. The van der Waals surface area contributed by atoms with E-state index in [2.05, 4.69) is 10.4 Å². The number of fused-ring (bicyclic) bond motifs is 1. The molecule has 1 unspecified atom stereocenters. The Morgan fingerprint density at radius 3 is 2.65 bits per heavy atom. The summed E-state index contributed by atoms with van der Waals surface area (Å²) in [6.07, 6.45) is 0.748. The van der Waals surface area contributed by atoms with Crippen LogP contribution in [0.2, 0.25) is 5.02 Å². The highest BCUT2D eigenvalue weighted by Crippen LogP contribution is 2.47. The molecule has 0 saturated heterocycles. The number of nitrogens with zero attached hydrogens (tertiary/aromatic N) is 2. The maximum Gasteiger partial charge on any atom is 0.436 e. The van der Waals surface area contributed by atoms with Crippen molar-refractivity contribution < 1.29 is 27.5 Å². The average Bonchev–Trinajstić information content (AvgIpc) is 3.45. The van der Waals surface area contributed by atoms with Gasteiger partial charge in [0.25, 0.3) is 0 Å². The minimum atomic E-state index is -4.66. The van der Waals surface area contributed by atoms with Gasteiger partial charge in [-0.1, -0.05) is 18.5 Å². The van der Waals surface area contributed by atoms with Crippen LogP contribution in [0.15, 0.2) is 0 Å². The van der Waals surface area contributed by atoms with Crippen LogP contribution < -0.4 is 5.32 Å². The molecule has 11 heteroatoms. The van der Waals surface area contributed by atoms with E-state index >= 15 is 0 Å². The lowest BCUT2D eigenvalue weighted by atomic mass is 9.95. The summed E-state index contributed by atoms with van der Waals surface area (Å²) in [6.45, 7) is 3.70. The summed E-state index contributed by atoms with van der Waals surface area (Å²) in [5.74, 6) is -0.919. The van der Waals surface area contributed by atoms with E-state index in [9.17, 15) is 22.8 Å². The fourth-order valence-corrected chi connectivity index (χ4v) is 5.83. The Bertz CT molecular complexity index is 1090. The number of esters is 1. The first kappa shape index (κ1) is 25.0. The molecule has 1 N–H and O–H groups in total. The van der Waals surface area contributed by atoms with Crippen LogP contribution in [0.4, 0.5) is 18.2 Å². The van der Waals surface area contributed by atoms with Crippen LogP contribution in [-0.4, -0.2) is 27.8 Å². The number of carbonyl (C=O) groups excluding carboxylic acids is 2. The molecule has 186 valence electrons. The maximum absolute atomic E-state index is 13.3. The fourth-order valence-electron chi connectivity index (χ4n) is 4.14. The first-order chi connectivity index (χ1) is 16.1. The number of nitrogens with one attached hydrogen (secondary N) is 1. The molecule has 4 rings (SSSR count). The first-order valence-corrected chi connectivity index (χ1v) is 12.8. The monoisotopic (exact) mass is 517 g/mol. The van der Waals surface area contributed by atoms with E-state index in [1.54, 1.807) is 0 Å². The second-order valence-electron chi connectivity index (χ2n) is 8.88. The zero-order valence-corrected chi connectivity index (χ0v) is 20.6. The van der Waals surface area contributed by atoms with Crippen molar-refractivity contribution >= 4 is 39.8 Å². The van der Waals surface area contributed by atoms with E-state index in [0.29, 0.717) is 22.7 Å². The van der Waals surface area contributed by atoms with E-state index in [-0.39, 0.29) is 30.0 Å². The van der Waals surface area contributed by atoms with Gasteiger partial charge in [-0.3, -0.25) is 9.48 Å². The molecule has 0 aliphatic heterocycles. The normalized spacial score (nSPS) is 16.8. The molecular formula is C23H27ClF3N3O3S. The molecule has 2 aromatic heterocycles. The minimum absolute atomic E-state index is 0.0365. The molecule has 2 aliphatic rings. The smallest absolute Gasteiger partial charge is 0.436 e. The fraction of sp³-hybridized carbons (Fsp3) is 0.609. The van der Waals surface area contributed by atoms with Gasteiger partial charge in [0, 0.05) is 17.2 Å². The molecule has 1 atom stereocenters. The molecule has 0 aromatic carbocycles. The molecule has 6 nitrogen and oxygen atoms in total. The van der Waals surface area contributed by atoms with Gasteiger partial charge in [0.2, 0.25) is 5.91 Å². The number of aryl methyl sites for hydroxylation is 2. The third kappa shape index (κ3) is 5.27. The number of halogens is 4. The van der Waals surface area contributed by atoms with Crippen molar-refractivity contribution in [3.8, 4) is 0 Å². The highest BCUT2D eigenvalue weighted by molar-refractivity contribution is 7.17. The average molecular weight is 518 g/mol. The number of amides is 1. The van der Waals surface area contributed by atoms with Gasteiger partial charge in [-0.25, -0.2) is 4.79 Å². The molecule has 1 amide bonds. The highest BCUT2D eigenvalue weighted by Gasteiger charge is 2.42. The van der Waals surface area contributed by atoms with Crippen molar-refractivity contribution in [2.24, 2.45) is 0 Å². The standard InChI is InChI=1S/C23H27ClF3N3O3S/c1-3-12(2)33-22(32)17-14-6-4-5-7-15(14)34-21(17)28-16(31)10-11-30-19(13-8-9-13)18(24)20(29-30)23(25,26)27/h12-13H,3-11H2,1-2H3,(H,28,31). The molecule has 0 bridgehead atoms. The molecule has 2 aliphatic carbocycles. The van der Waals surface area contributed by atoms with Gasteiger partial charge in [0.15, 0.2) is 5.69 Å². The number of alkyl halides is 3. The lowest BCUT2D eigenvalue weighted by Crippen LogP contribution is -2.20. The van der Waals surface area contributed by atoms with Crippen LogP contribution in [0.5, 0.6) is 0 Å². The lowest BCUT2D eigenvalue weighted by Gasteiger charge is -2.15. The van der Waals surface area contributed by atoms with Gasteiger partial charge in [0.1, 0.15) is 5.00 Å². The molecule has 2 aromatic rings. The molecule has 34 heavy (non-hydrogen) atoms. The molecule has 1 fully saturated rings. The number of thiophene rings is 1. The Balaban J connectivity index is 1.51. The third-order valence-electron chi connectivity index (χ3n) is 6.23. The van der Waals surface area contributed by atoms with Gasteiger partial charge in [-0.05, 0) is 57.4 Å². The second-order valence-corrected chi connectivity index (χ2v) is 10.4. The number of hydrogen-bond donors (Lipinski definition) is 1. The zero-order chi connectivity index (χ0) is 24.6. The predicted molar refractivity (Wildman–Crippen MR) is 124 cm³/mol. The maximum atomic E-state index is 13.3. The van der Waals surface area contributed by atoms with Gasteiger partial charge < -0.3 is 10.1 Å². The third-order valence-corrected chi connectivity index (χ3v) is 7.81. The number of carbonyl (C=O) groups is 2. The van der Waals surface area contributed by atoms with Crippen molar-refractivity contribution in [1.82, 2.24) is 9.78 Å². The van der Waals surface area contributed by atoms with E-state index in [4.69, 9.17) is 16.3 Å². The van der Waals surface area contributed by atoms with Gasteiger partial charge in [-0.15, -0.1) is 11.3 Å². The highest BCUT2D eigenvalue weighted by atomic mass is 35.5. The summed E-state index contributed by atoms with van der Waals surface area (Å²) < 4.78 is 46.6. The van der Waals surface area contributed by atoms with E-state index in [1.807, 2.05) is 13.8 Å². The summed E-state index contributed by atoms with van der Waals surface area (Å²) in [6, 6.07) is 0. The van der Waals surface area contributed by atoms with Crippen LogP contribution in [0.25, 0.3) is 0 Å². The number of aromatic nitrogens is 2. The van der Waals surface area contributed by atoms with Crippen LogP contribution in [-0.2, 0) is 35.1 Å². The number of anilines is 1. The van der Waals surface area contributed by atoms with Gasteiger partial charge >= 0.3 is 12.1 Å². The zero-order valence-electron chi connectivity index (χ0n) is 19.1. The Kier molecular flexibility index (Phi) is 7.28. The predicted octanol–water partition coefficient (Wildman–Crippen LogP) is 6.36. The Hall–Kier alpha value is -2.07. The Morgan fingerprint density at radius 1 is 1.29 bits per heavy atom. The summed E-state index contributed by atoms with van der Waals surface area (Å²) in [5, 5.41) is 6.55. The first-order valence-electron chi connectivity index (χ1n) is 11.6. The Labute approximate surface area is 204 Å². The molecule has 0 spiro atoms. The molecule has 0 radical (unpaired) electrons. The number of hydrogen-bond acceptors (Lipinski definition) is 5. The van der Waals surface area contributed by atoms with Crippen molar-refractivity contribution in [1.29, 1.82) is 0 Å². The summed E-state index contributed by atoms with van der Waals surface area (Å²) in [4.78, 5) is 26.7. The molecular weight excluding hydrogens is 491 g/mol. The van der Waals surface area contributed by atoms with Crippen LogP contribution in [0.1, 0.15) is 90.5 Å². The number of ether oxygens (including phenoxy) is 1. The van der Waals surface area contributed by atoms with Crippen LogP contribution in [0.3, 0.4) is 0 Å². The summed E-state index contributed by atoms with van der Waals surface area (Å²) in [7, 11) is 0. The van der Waals surface area contributed by atoms with Crippen LogP contribution >= 0.6 is 22.9 Å².